The maximum atomic E-state index is 2.53. The summed E-state index contributed by atoms with van der Waals surface area (Å²) in [5.74, 6) is 5.42. The van der Waals surface area contributed by atoms with Gasteiger partial charge >= 0.3 is 0 Å². The van der Waals surface area contributed by atoms with Crippen LogP contribution in [0.2, 0.25) is 0 Å². The zero-order chi connectivity index (χ0) is 9.22. The van der Waals surface area contributed by atoms with Gasteiger partial charge in [0.1, 0.15) is 0 Å². The van der Waals surface area contributed by atoms with Crippen LogP contribution in [0.3, 0.4) is 0 Å². The molecule has 0 nitrogen and oxygen atoms in total. The summed E-state index contributed by atoms with van der Waals surface area (Å²) in [6.45, 7) is 7.58. The first kappa shape index (κ1) is 8.32. The summed E-state index contributed by atoms with van der Waals surface area (Å²) in [6.07, 6.45) is 6.23. The molecule has 4 bridgehead atoms. The van der Waals surface area contributed by atoms with Gasteiger partial charge in [0, 0.05) is 0 Å². The van der Waals surface area contributed by atoms with Crippen LogP contribution in [0.25, 0.3) is 0 Å². The summed E-state index contributed by atoms with van der Waals surface area (Å²) in [5, 5.41) is 0. The Morgan fingerprint density at radius 1 is 0.846 bits per heavy atom. The van der Waals surface area contributed by atoms with Gasteiger partial charge in [0.15, 0.2) is 0 Å². The fourth-order valence-corrected chi connectivity index (χ4v) is 4.64. The van der Waals surface area contributed by atoms with E-state index in [4.69, 9.17) is 0 Å². The number of hydrogen-bond donors (Lipinski definition) is 0. The fourth-order valence-electron chi connectivity index (χ4n) is 4.64. The minimum absolute atomic E-state index is 0.688. The summed E-state index contributed by atoms with van der Waals surface area (Å²) in [4.78, 5) is 0. The molecule has 4 saturated carbocycles. The van der Waals surface area contributed by atoms with Crippen molar-refractivity contribution in [1.29, 1.82) is 0 Å². The molecule has 0 saturated heterocycles. The van der Waals surface area contributed by atoms with Gasteiger partial charge in [-0.25, -0.2) is 0 Å². The molecule has 0 aromatic heterocycles. The summed E-state index contributed by atoms with van der Waals surface area (Å²) in [5.41, 5.74) is 0.688. The Bertz CT molecular complexity index is 194. The predicted octanol–water partition coefficient (Wildman–Crippen LogP) is 3.71. The quantitative estimate of drug-likeness (QED) is 0.530. The largest absolute Gasteiger partial charge is 0.0620 e. The van der Waals surface area contributed by atoms with Gasteiger partial charge in [-0.05, 0) is 60.7 Å². The fraction of sp³-hybridized carbons (Fsp3) is 1.00. The van der Waals surface area contributed by atoms with Gasteiger partial charge < -0.3 is 0 Å². The second kappa shape index (κ2) is 2.32. The second-order valence-corrected chi connectivity index (χ2v) is 6.54. The average Bonchev–Trinajstić information content (AvgIpc) is 2.00. The van der Waals surface area contributed by atoms with Crippen molar-refractivity contribution in [3.63, 3.8) is 0 Å². The zero-order valence-electron chi connectivity index (χ0n) is 9.22. The van der Waals surface area contributed by atoms with Crippen molar-refractivity contribution in [2.45, 2.75) is 46.5 Å². The molecular formula is C13H22. The highest BCUT2D eigenvalue weighted by molar-refractivity contribution is 5.04. The van der Waals surface area contributed by atoms with E-state index in [1.165, 1.54) is 0 Å². The van der Waals surface area contributed by atoms with E-state index in [0.29, 0.717) is 5.41 Å². The van der Waals surface area contributed by atoms with Crippen LogP contribution in [0, 0.1) is 35.0 Å². The maximum Gasteiger partial charge on any atom is -0.0297 e. The normalized spacial score (nSPS) is 57.0. The van der Waals surface area contributed by atoms with Crippen LogP contribution in [0.1, 0.15) is 46.5 Å². The summed E-state index contributed by atoms with van der Waals surface area (Å²) < 4.78 is 0. The van der Waals surface area contributed by atoms with E-state index in [1.54, 1.807) is 25.7 Å². The van der Waals surface area contributed by atoms with Crippen molar-refractivity contribution in [3.8, 4) is 0 Å². The zero-order valence-corrected chi connectivity index (χ0v) is 9.22. The number of rotatable bonds is 0. The summed E-state index contributed by atoms with van der Waals surface area (Å²) in [6, 6.07) is 0. The van der Waals surface area contributed by atoms with Gasteiger partial charge in [-0.15, -0.1) is 0 Å². The standard InChI is InChI=1S/C13H22/c1-8-9-4-11-6-10(8)7-12(5-9)13(11,2)3/h8-12H,4-7H2,1-3H3. The minimum Gasteiger partial charge on any atom is -0.0620 e. The molecule has 0 aromatic rings. The van der Waals surface area contributed by atoms with Gasteiger partial charge in [-0.2, -0.15) is 0 Å². The van der Waals surface area contributed by atoms with Crippen LogP contribution in [0.15, 0.2) is 0 Å². The molecule has 0 N–H and O–H groups in total. The molecule has 0 heterocycles. The lowest BCUT2D eigenvalue weighted by molar-refractivity contribution is -0.117. The van der Waals surface area contributed by atoms with Crippen molar-refractivity contribution in [2.75, 3.05) is 0 Å². The predicted molar refractivity (Wildman–Crippen MR) is 55.4 cm³/mol. The van der Waals surface area contributed by atoms with Crippen molar-refractivity contribution in [2.24, 2.45) is 35.0 Å². The van der Waals surface area contributed by atoms with Gasteiger partial charge in [0.05, 0.1) is 0 Å². The minimum atomic E-state index is 0.688. The van der Waals surface area contributed by atoms with Gasteiger partial charge in [0.2, 0.25) is 0 Å². The molecular weight excluding hydrogens is 156 g/mol. The Labute approximate surface area is 82.1 Å². The Morgan fingerprint density at radius 3 is 1.62 bits per heavy atom. The first-order valence-corrected chi connectivity index (χ1v) is 6.09. The Morgan fingerprint density at radius 2 is 1.23 bits per heavy atom. The summed E-state index contributed by atoms with van der Waals surface area (Å²) in [7, 11) is 0. The molecule has 0 aliphatic heterocycles. The topological polar surface area (TPSA) is 0 Å². The molecule has 0 atom stereocenters. The Hall–Kier alpha value is 0. The summed E-state index contributed by atoms with van der Waals surface area (Å²) >= 11 is 0. The van der Waals surface area contributed by atoms with Crippen LogP contribution in [0.5, 0.6) is 0 Å². The van der Waals surface area contributed by atoms with Gasteiger partial charge in [-0.1, -0.05) is 20.8 Å². The van der Waals surface area contributed by atoms with E-state index in [-0.39, 0.29) is 0 Å². The van der Waals surface area contributed by atoms with E-state index >= 15 is 0 Å². The average molecular weight is 178 g/mol. The van der Waals surface area contributed by atoms with E-state index in [9.17, 15) is 0 Å². The van der Waals surface area contributed by atoms with Crippen LogP contribution >= 0.6 is 0 Å². The third kappa shape index (κ3) is 0.926. The highest BCUT2D eigenvalue weighted by atomic mass is 14.6. The highest BCUT2D eigenvalue weighted by Crippen LogP contribution is 2.63. The smallest absolute Gasteiger partial charge is 0.0297 e. The van der Waals surface area contributed by atoms with Gasteiger partial charge in [0.25, 0.3) is 0 Å². The third-order valence-corrected chi connectivity index (χ3v) is 5.94. The molecule has 13 heavy (non-hydrogen) atoms. The van der Waals surface area contributed by atoms with Crippen LogP contribution in [-0.4, -0.2) is 0 Å². The molecule has 0 aromatic carbocycles. The molecule has 0 amide bonds. The molecule has 74 valence electrons. The first-order valence-electron chi connectivity index (χ1n) is 6.09. The van der Waals surface area contributed by atoms with E-state index in [0.717, 1.165) is 29.6 Å². The van der Waals surface area contributed by atoms with Crippen LogP contribution < -0.4 is 0 Å². The van der Waals surface area contributed by atoms with Gasteiger partial charge in [-0.3, -0.25) is 0 Å². The van der Waals surface area contributed by atoms with Crippen LogP contribution in [0.4, 0.5) is 0 Å². The maximum absolute atomic E-state index is 2.53. The molecule has 0 spiro atoms. The molecule has 4 fully saturated rings. The van der Waals surface area contributed by atoms with E-state index in [2.05, 4.69) is 20.8 Å². The Balaban J connectivity index is 1.95. The Kier molecular flexibility index (Phi) is 1.49. The lowest BCUT2D eigenvalue weighted by Gasteiger charge is -2.61. The molecule has 0 radical (unpaired) electrons. The van der Waals surface area contributed by atoms with E-state index in [1.807, 2.05) is 0 Å². The monoisotopic (exact) mass is 178 g/mol. The highest BCUT2D eigenvalue weighted by Gasteiger charge is 2.54. The first-order chi connectivity index (χ1) is 6.09. The van der Waals surface area contributed by atoms with Crippen LogP contribution in [-0.2, 0) is 0 Å². The van der Waals surface area contributed by atoms with E-state index < -0.39 is 0 Å². The van der Waals surface area contributed by atoms with Crippen molar-refractivity contribution >= 4 is 0 Å². The number of hydrogen-bond acceptors (Lipinski definition) is 0. The third-order valence-electron chi connectivity index (χ3n) is 5.94. The molecule has 0 heteroatoms. The molecule has 4 aliphatic carbocycles. The molecule has 0 unspecified atom stereocenters. The van der Waals surface area contributed by atoms with Crippen molar-refractivity contribution in [1.82, 2.24) is 0 Å². The second-order valence-electron chi connectivity index (χ2n) is 6.54. The van der Waals surface area contributed by atoms with Crippen molar-refractivity contribution < 1.29 is 0 Å². The molecule has 4 rings (SSSR count). The lowest BCUT2D eigenvalue weighted by Crippen LogP contribution is -2.53. The molecule has 4 aliphatic rings. The lowest BCUT2D eigenvalue weighted by atomic mass is 9.44. The van der Waals surface area contributed by atoms with Crippen molar-refractivity contribution in [3.05, 3.63) is 0 Å². The SMILES string of the molecule is CC1C2CC3CC1CC(C2)C3(C)C.